The number of rotatable bonds is 6. The predicted molar refractivity (Wildman–Crippen MR) is 80.9 cm³/mol. The molecule has 0 saturated carbocycles. The van der Waals surface area contributed by atoms with E-state index in [1.807, 2.05) is 13.8 Å². The van der Waals surface area contributed by atoms with Crippen molar-refractivity contribution in [3.63, 3.8) is 0 Å². The highest BCUT2D eigenvalue weighted by Gasteiger charge is 2.37. The summed E-state index contributed by atoms with van der Waals surface area (Å²) >= 11 is 0. The summed E-state index contributed by atoms with van der Waals surface area (Å²) in [6, 6.07) is 4.90. The topological polar surface area (TPSA) is 73.6 Å². The highest BCUT2D eigenvalue weighted by Crippen LogP contribution is 2.34. The minimum atomic E-state index is -0.419. The fourth-order valence-electron chi connectivity index (χ4n) is 2.40. The van der Waals surface area contributed by atoms with Crippen molar-refractivity contribution in [3.05, 3.63) is 28.3 Å². The molecule has 1 aromatic carbocycles. The Kier molecular flexibility index (Phi) is 4.67. The number of hydrogen-bond acceptors (Lipinski definition) is 5. The molecule has 0 aromatic heterocycles. The molecule has 1 heterocycles. The summed E-state index contributed by atoms with van der Waals surface area (Å²) in [5.41, 5.74) is 0.638. The van der Waals surface area contributed by atoms with Crippen LogP contribution >= 0.6 is 0 Å². The second-order valence-electron chi connectivity index (χ2n) is 5.59. The van der Waals surface area contributed by atoms with Crippen LogP contribution in [0.2, 0.25) is 0 Å². The molecule has 0 bridgehead atoms. The molecule has 1 fully saturated rings. The van der Waals surface area contributed by atoms with Crippen LogP contribution in [0.4, 0.5) is 11.4 Å². The molecule has 21 heavy (non-hydrogen) atoms. The van der Waals surface area contributed by atoms with Crippen LogP contribution in [0, 0.1) is 10.1 Å². The van der Waals surface area contributed by atoms with Crippen molar-refractivity contribution >= 4 is 11.4 Å². The summed E-state index contributed by atoms with van der Waals surface area (Å²) in [7, 11) is 0. The normalized spacial score (nSPS) is 24.8. The number of nitro benzene ring substituents is 1. The highest BCUT2D eigenvalue weighted by atomic mass is 16.6. The van der Waals surface area contributed by atoms with Crippen LogP contribution in [0.5, 0.6) is 5.75 Å². The summed E-state index contributed by atoms with van der Waals surface area (Å²) in [6.07, 6.45) is 1.79. The molecule has 1 aliphatic heterocycles. The first-order valence-electron chi connectivity index (χ1n) is 7.27. The first kappa shape index (κ1) is 15.6. The molecule has 1 aliphatic rings. The molecule has 0 spiro atoms. The Hall–Kier alpha value is -1.82. The molecular weight excluding hydrogens is 272 g/mol. The molecule has 1 saturated heterocycles. The Morgan fingerprint density at radius 2 is 2.33 bits per heavy atom. The third kappa shape index (κ3) is 3.44. The lowest BCUT2D eigenvalue weighted by Crippen LogP contribution is -2.41. The van der Waals surface area contributed by atoms with E-state index >= 15 is 0 Å². The number of benzene rings is 1. The molecule has 116 valence electrons. The van der Waals surface area contributed by atoms with E-state index in [2.05, 4.69) is 12.2 Å². The molecular formula is C15H22N2O4. The number of nitrogens with zero attached hydrogens (tertiary/aromatic N) is 1. The lowest BCUT2D eigenvalue weighted by molar-refractivity contribution is -0.385. The van der Waals surface area contributed by atoms with Gasteiger partial charge in [-0.3, -0.25) is 10.1 Å². The monoisotopic (exact) mass is 294 g/mol. The number of nitro groups is 1. The van der Waals surface area contributed by atoms with Crippen LogP contribution in [-0.4, -0.2) is 29.8 Å². The summed E-state index contributed by atoms with van der Waals surface area (Å²) in [4.78, 5) is 10.6. The number of ether oxygens (including phenoxy) is 2. The van der Waals surface area contributed by atoms with Crippen molar-refractivity contribution in [1.82, 2.24) is 0 Å². The van der Waals surface area contributed by atoms with Gasteiger partial charge in [-0.1, -0.05) is 6.92 Å². The van der Waals surface area contributed by atoms with Gasteiger partial charge in [-0.2, -0.15) is 0 Å². The standard InChI is InChI=1S/C15H22N2O4/c1-4-8-21-14-10-12(5-6-13(14)17(18)19)16-15(3)7-9-20-11(15)2/h5-6,10-11,16H,4,7-9H2,1-3H3. The van der Waals surface area contributed by atoms with Gasteiger partial charge in [0.25, 0.3) is 0 Å². The van der Waals surface area contributed by atoms with E-state index < -0.39 is 4.92 Å². The maximum atomic E-state index is 11.0. The Morgan fingerprint density at radius 1 is 1.57 bits per heavy atom. The van der Waals surface area contributed by atoms with Crippen LogP contribution in [-0.2, 0) is 4.74 Å². The quantitative estimate of drug-likeness (QED) is 0.643. The maximum Gasteiger partial charge on any atom is 0.311 e. The molecule has 1 aromatic rings. The van der Waals surface area contributed by atoms with E-state index in [-0.39, 0.29) is 17.3 Å². The fraction of sp³-hybridized carbons (Fsp3) is 0.600. The van der Waals surface area contributed by atoms with Crippen molar-refractivity contribution in [2.24, 2.45) is 0 Å². The van der Waals surface area contributed by atoms with Crippen LogP contribution < -0.4 is 10.1 Å². The predicted octanol–water partition coefficient (Wildman–Crippen LogP) is 3.36. The Bertz CT molecular complexity index is 520. The maximum absolute atomic E-state index is 11.0. The van der Waals surface area contributed by atoms with Gasteiger partial charge in [-0.05, 0) is 32.8 Å². The molecule has 6 nitrogen and oxygen atoms in total. The van der Waals surface area contributed by atoms with Gasteiger partial charge in [0.05, 0.1) is 23.2 Å². The Morgan fingerprint density at radius 3 is 2.90 bits per heavy atom. The van der Waals surface area contributed by atoms with E-state index in [1.165, 1.54) is 6.07 Å². The lowest BCUT2D eigenvalue weighted by atomic mass is 9.94. The molecule has 2 atom stereocenters. The van der Waals surface area contributed by atoms with Gasteiger partial charge >= 0.3 is 5.69 Å². The van der Waals surface area contributed by atoms with E-state index in [9.17, 15) is 10.1 Å². The minimum absolute atomic E-state index is 0.00475. The van der Waals surface area contributed by atoms with Crippen LogP contribution in [0.25, 0.3) is 0 Å². The molecule has 6 heteroatoms. The van der Waals surface area contributed by atoms with E-state index in [0.717, 1.165) is 25.1 Å². The summed E-state index contributed by atoms with van der Waals surface area (Å²) in [5, 5.41) is 14.5. The summed E-state index contributed by atoms with van der Waals surface area (Å²) in [5.74, 6) is 0.307. The van der Waals surface area contributed by atoms with Gasteiger partial charge in [0.2, 0.25) is 0 Å². The van der Waals surface area contributed by atoms with Gasteiger partial charge in [0.15, 0.2) is 5.75 Å². The lowest BCUT2D eigenvalue weighted by Gasteiger charge is -2.30. The molecule has 0 radical (unpaired) electrons. The molecule has 2 unspecified atom stereocenters. The van der Waals surface area contributed by atoms with Gasteiger partial charge in [-0.15, -0.1) is 0 Å². The summed E-state index contributed by atoms with van der Waals surface area (Å²) in [6.45, 7) is 7.27. The average molecular weight is 294 g/mol. The highest BCUT2D eigenvalue weighted by molar-refractivity contribution is 5.59. The van der Waals surface area contributed by atoms with E-state index in [1.54, 1.807) is 12.1 Å². The van der Waals surface area contributed by atoms with Crippen molar-refractivity contribution in [3.8, 4) is 5.75 Å². The average Bonchev–Trinajstić information content (AvgIpc) is 2.76. The van der Waals surface area contributed by atoms with Crippen molar-refractivity contribution in [2.75, 3.05) is 18.5 Å². The minimum Gasteiger partial charge on any atom is -0.487 e. The van der Waals surface area contributed by atoms with Crippen LogP contribution in [0.1, 0.15) is 33.6 Å². The Balaban J connectivity index is 2.22. The first-order valence-corrected chi connectivity index (χ1v) is 7.27. The van der Waals surface area contributed by atoms with Gasteiger partial charge < -0.3 is 14.8 Å². The molecule has 1 N–H and O–H groups in total. The number of nitrogens with one attached hydrogen (secondary N) is 1. The van der Waals surface area contributed by atoms with Crippen molar-refractivity contribution in [1.29, 1.82) is 0 Å². The SMILES string of the molecule is CCCOc1cc(NC2(C)CCOC2C)ccc1[N+](=O)[O-]. The molecule has 0 aliphatic carbocycles. The van der Waals surface area contributed by atoms with Crippen molar-refractivity contribution in [2.45, 2.75) is 45.3 Å². The van der Waals surface area contributed by atoms with E-state index in [4.69, 9.17) is 9.47 Å². The largest absolute Gasteiger partial charge is 0.487 e. The third-order valence-electron chi connectivity index (χ3n) is 3.93. The summed E-state index contributed by atoms with van der Waals surface area (Å²) < 4.78 is 11.1. The zero-order valence-electron chi connectivity index (χ0n) is 12.7. The number of anilines is 1. The van der Waals surface area contributed by atoms with Crippen LogP contribution in [0.3, 0.4) is 0 Å². The third-order valence-corrected chi connectivity index (χ3v) is 3.93. The van der Waals surface area contributed by atoms with Gasteiger partial charge in [0, 0.05) is 24.4 Å². The fourth-order valence-corrected chi connectivity index (χ4v) is 2.40. The smallest absolute Gasteiger partial charge is 0.311 e. The second kappa shape index (κ2) is 6.30. The van der Waals surface area contributed by atoms with E-state index in [0.29, 0.717) is 12.4 Å². The van der Waals surface area contributed by atoms with Crippen LogP contribution in [0.15, 0.2) is 18.2 Å². The zero-order valence-corrected chi connectivity index (χ0v) is 12.7. The van der Waals surface area contributed by atoms with Gasteiger partial charge in [-0.25, -0.2) is 0 Å². The van der Waals surface area contributed by atoms with Gasteiger partial charge in [0.1, 0.15) is 0 Å². The molecule has 2 rings (SSSR count). The Labute approximate surface area is 124 Å². The number of hydrogen-bond donors (Lipinski definition) is 1. The second-order valence-corrected chi connectivity index (χ2v) is 5.59. The zero-order chi connectivity index (χ0) is 15.5. The first-order chi connectivity index (χ1) is 9.96. The molecule has 0 amide bonds. The van der Waals surface area contributed by atoms with Crippen molar-refractivity contribution < 1.29 is 14.4 Å².